The summed E-state index contributed by atoms with van der Waals surface area (Å²) in [7, 11) is 1.68. The van der Waals surface area contributed by atoms with Crippen LogP contribution < -0.4 is 37.2 Å². The minimum atomic E-state index is -0.100. The number of nitrogens with zero attached hydrogens (tertiary/aromatic N) is 5. The molecule has 9 rings (SSSR count). The Bertz CT molecular complexity index is 2880. The second-order valence-corrected chi connectivity index (χ2v) is 19.6. The fourth-order valence-corrected chi connectivity index (χ4v) is 11.5. The van der Waals surface area contributed by atoms with Crippen LogP contribution in [0.2, 0.25) is 0 Å². The van der Waals surface area contributed by atoms with Crippen LogP contribution in [-0.4, -0.2) is 153 Å². The van der Waals surface area contributed by atoms with Crippen LogP contribution in [0.1, 0.15) is 85.2 Å². The molecule has 15 heteroatoms. The summed E-state index contributed by atoms with van der Waals surface area (Å²) in [5.74, 6) is 0.0113. The lowest BCUT2D eigenvalue weighted by molar-refractivity contribution is 0.0752. The summed E-state index contributed by atoms with van der Waals surface area (Å²) in [5.41, 5.74) is 13.1. The lowest BCUT2D eigenvalue weighted by Crippen LogP contribution is -2.44. The molecule has 3 amide bonds. The number of carbonyl (C=O) groups excluding carboxylic acids is 3. The van der Waals surface area contributed by atoms with Gasteiger partial charge in [0.2, 0.25) is 0 Å². The van der Waals surface area contributed by atoms with Gasteiger partial charge in [-0.1, -0.05) is 39.0 Å². The molecule has 7 aromatic rings. The van der Waals surface area contributed by atoms with Crippen molar-refractivity contribution in [3.8, 4) is 0 Å². The van der Waals surface area contributed by atoms with Gasteiger partial charge in [0.15, 0.2) is 0 Å². The molecule has 2 aliphatic rings. The van der Waals surface area contributed by atoms with Crippen molar-refractivity contribution in [1.29, 1.82) is 0 Å². The first-order valence-corrected chi connectivity index (χ1v) is 27.3. The van der Waals surface area contributed by atoms with Crippen molar-refractivity contribution < 1.29 is 14.4 Å². The third-order valence-electron chi connectivity index (χ3n) is 15.3. The van der Waals surface area contributed by atoms with Crippen molar-refractivity contribution in [2.75, 3.05) is 112 Å². The van der Waals surface area contributed by atoms with E-state index in [4.69, 9.17) is 0 Å². The minimum Gasteiger partial charge on any atom is -0.355 e. The molecule has 0 unspecified atom stereocenters. The summed E-state index contributed by atoms with van der Waals surface area (Å²) in [6.07, 6.45) is 8.96. The third kappa shape index (κ3) is 11.5. The fourth-order valence-electron chi connectivity index (χ4n) is 11.5. The lowest BCUT2D eigenvalue weighted by Gasteiger charge is -2.28. The van der Waals surface area contributed by atoms with Gasteiger partial charge in [-0.05, 0) is 107 Å². The Morgan fingerprint density at radius 1 is 0.405 bits per heavy atom. The summed E-state index contributed by atoms with van der Waals surface area (Å²) in [4.78, 5) is 46.1. The zero-order valence-corrected chi connectivity index (χ0v) is 44.2. The van der Waals surface area contributed by atoms with Gasteiger partial charge >= 0.3 is 0 Å². The van der Waals surface area contributed by atoms with Crippen LogP contribution in [0, 0.1) is 0 Å². The molecule has 0 radical (unpaired) electrons. The molecule has 3 aromatic heterocycles. The van der Waals surface area contributed by atoms with E-state index in [9.17, 15) is 14.4 Å². The number of fused-ring (bicyclic) bond motifs is 3. The molecule has 0 spiro atoms. The minimum absolute atomic E-state index is 0.0557. The van der Waals surface area contributed by atoms with E-state index in [1.807, 2.05) is 46.2 Å². The molecule has 4 aromatic carbocycles. The Labute approximate surface area is 436 Å². The van der Waals surface area contributed by atoms with Gasteiger partial charge in [0.25, 0.3) is 17.7 Å². The molecular formula is C59H78N12O3. The van der Waals surface area contributed by atoms with E-state index in [0.717, 1.165) is 142 Å². The summed E-state index contributed by atoms with van der Waals surface area (Å²) in [5, 5.41) is 26.6. The Morgan fingerprint density at radius 3 is 1.01 bits per heavy atom. The van der Waals surface area contributed by atoms with E-state index in [0.29, 0.717) is 51.4 Å². The quantitative estimate of drug-likeness (QED) is 0.0877. The maximum Gasteiger partial charge on any atom is 0.254 e. The Balaban J connectivity index is 1.12. The summed E-state index contributed by atoms with van der Waals surface area (Å²) >= 11 is 0. The molecule has 5 heterocycles. The highest BCUT2D eigenvalue weighted by atomic mass is 16.2. The van der Waals surface area contributed by atoms with Gasteiger partial charge < -0.3 is 60.7 Å². The van der Waals surface area contributed by atoms with Gasteiger partial charge in [0, 0.05) is 199 Å². The summed E-state index contributed by atoms with van der Waals surface area (Å²) in [6, 6.07) is 24.7. The molecular weight excluding hydrogens is 925 g/mol. The molecule has 74 heavy (non-hydrogen) atoms. The Kier molecular flexibility index (Phi) is 17.9. The van der Waals surface area contributed by atoms with Crippen LogP contribution >= 0.6 is 0 Å². The highest BCUT2D eigenvalue weighted by Crippen LogP contribution is 2.36. The van der Waals surface area contributed by atoms with Crippen LogP contribution in [0.25, 0.3) is 32.7 Å². The van der Waals surface area contributed by atoms with Gasteiger partial charge in [0.05, 0.1) is 0 Å². The van der Waals surface area contributed by atoms with Crippen molar-refractivity contribution in [2.24, 2.45) is 0 Å². The maximum absolute atomic E-state index is 14.5. The molecule has 0 saturated carbocycles. The van der Waals surface area contributed by atoms with Crippen LogP contribution in [-0.2, 0) is 38.9 Å². The maximum atomic E-state index is 14.5. The predicted octanol–water partition coefficient (Wildman–Crippen LogP) is 5.19. The monoisotopic (exact) mass is 1000 g/mol. The normalized spacial score (nSPS) is 16.2. The molecule has 0 atom stereocenters. The number of benzene rings is 4. The first kappa shape index (κ1) is 52.5. The van der Waals surface area contributed by atoms with Gasteiger partial charge in [-0.25, -0.2) is 0 Å². The van der Waals surface area contributed by atoms with E-state index in [-0.39, 0.29) is 17.7 Å². The molecule has 0 bridgehead atoms. The molecule has 392 valence electrons. The smallest absolute Gasteiger partial charge is 0.254 e. The second-order valence-electron chi connectivity index (χ2n) is 19.6. The van der Waals surface area contributed by atoms with Crippen LogP contribution in [0.5, 0.6) is 0 Å². The standard InChI is InChI=1S/C59H78N12O3/c1-5-42-51(39-69-32-17-45-48(57(72)60-4)11-8-14-54(45)69)43(6-2)53(41-71-34-19-47-50(13-10-16-56(47)71)59(74)68-37-30-65-26-22-62-23-27-66-31-38-68)44(7-3)52(42)40-70-33-18-46-49(12-9-15-55(46)70)58(73)67-35-28-63-24-20-61-21-25-64-29-36-67/h8-19,32-34,61-66H,5-7,20-31,35-41H2,1-4H3,(H,60,72). The van der Waals surface area contributed by atoms with Crippen LogP contribution in [0.4, 0.5) is 0 Å². The predicted molar refractivity (Wildman–Crippen MR) is 300 cm³/mol. The number of rotatable bonds is 12. The van der Waals surface area contributed by atoms with E-state index >= 15 is 0 Å². The number of hydrogen-bond acceptors (Lipinski definition) is 9. The zero-order valence-electron chi connectivity index (χ0n) is 44.2. The van der Waals surface area contributed by atoms with Crippen molar-refractivity contribution in [3.05, 3.63) is 141 Å². The number of carbonyl (C=O) groups is 3. The van der Waals surface area contributed by atoms with E-state index in [1.165, 1.54) is 33.4 Å². The second kappa shape index (κ2) is 25.3. The van der Waals surface area contributed by atoms with E-state index < -0.39 is 0 Å². The van der Waals surface area contributed by atoms with Crippen molar-refractivity contribution in [1.82, 2.24) is 60.7 Å². The molecule has 0 aliphatic carbocycles. The molecule has 15 nitrogen and oxygen atoms in total. The van der Waals surface area contributed by atoms with Gasteiger partial charge in [-0.15, -0.1) is 0 Å². The molecule has 2 fully saturated rings. The number of nitrogens with one attached hydrogen (secondary N) is 7. The average molecular weight is 1000 g/mol. The molecule has 7 N–H and O–H groups in total. The van der Waals surface area contributed by atoms with E-state index in [2.05, 4.69) is 127 Å². The summed E-state index contributed by atoms with van der Waals surface area (Å²) < 4.78 is 6.99. The first-order valence-electron chi connectivity index (χ1n) is 27.3. The third-order valence-corrected chi connectivity index (χ3v) is 15.3. The summed E-state index contributed by atoms with van der Waals surface area (Å²) in [6.45, 7) is 21.3. The van der Waals surface area contributed by atoms with Gasteiger partial charge in [-0.2, -0.15) is 0 Å². The van der Waals surface area contributed by atoms with Crippen LogP contribution in [0.3, 0.4) is 0 Å². The average Bonchev–Trinajstić information content (AvgIpc) is 4.16. The SMILES string of the molecule is CCc1c(Cn2ccc3c(C(=O)NC)cccc32)c(CC)c(Cn2ccc3c(C(=O)N4CCNCCNCCNCC4)cccc32)c(CC)c1Cn1ccc2c(C(=O)N3CCNCCNCCNCC3)cccc21. The van der Waals surface area contributed by atoms with Crippen molar-refractivity contribution in [3.63, 3.8) is 0 Å². The molecule has 2 saturated heterocycles. The topological polar surface area (TPSA) is 157 Å². The first-order chi connectivity index (χ1) is 36.3. The highest BCUT2D eigenvalue weighted by molar-refractivity contribution is 6.08. The van der Waals surface area contributed by atoms with E-state index in [1.54, 1.807) is 7.05 Å². The van der Waals surface area contributed by atoms with Gasteiger partial charge in [0.1, 0.15) is 0 Å². The number of aromatic nitrogens is 3. The number of hydrogen-bond donors (Lipinski definition) is 7. The van der Waals surface area contributed by atoms with Crippen molar-refractivity contribution in [2.45, 2.75) is 59.7 Å². The largest absolute Gasteiger partial charge is 0.355 e. The van der Waals surface area contributed by atoms with Crippen LogP contribution in [0.15, 0.2) is 91.4 Å². The Hall–Kier alpha value is -6.33. The highest BCUT2D eigenvalue weighted by Gasteiger charge is 2.26. The zero-order chi connectivity index (χ0) is 51.4. The Morgan fingerprint density at radius 2 is 0.703 bits per heavy atom. The van der Waals surface area contributed by atoms with Crippen molar-refractivity contribution >= 4 is 50.4 Å². The molecule has 2 aliphatic heterocycles. The lowest BCUT2D eigenvalue weighted by atomic mass is 9.83. The number of amides is 3. The van der Waals surface area contributed by atoms with Gasteiger partial charge in [-0.3, -0.25) is 14.4 Å². The fraction of sp³-hybridized carbons (Fsp3) is 0.441.